The summed E-state index contributed by atoms with van der Waals surface area (Å²) in [5.41, 5.74) is 0.790. The summed E-state index contributed by atoms with van der Waals surface area (Å²) >= 11 is 0. The minimum atomic E-state index is -2.42. The van der Waals surface area contributed by atoms with Gasteiger partial charge in [-0.1, -0.05) is 24.3 Å². The van der Waals surface area contributed by atoms with Gasteiger partial charge in [0.25, 0.3) is 6.43 Å². The molecule has 2 nitrogen and oxygen atoms in total. The molecule has 0 aliphatic rings. The molecule has 2 N–H and O–H groups in total. The number of nitrogens with two attached hydrogens (primary N) is 1. The van der Waals surface area contributed by atoms with Crippen molar-refractivity contribution in [1.82, 2.24) is 0 Å². The van der Waals surface area contributed by atoms with E-state index in [0.29, 0.717) is 0 Å². The van der Waals surface area contributed by atoms with Gasteiger partial charge in [-0.3, -0.25) is 4.84 Å². The topological polar surface area (TPSA) is 35.2 Å². The van der Waals surface area contributed by atoms with E-state index in [4.69, 9.17) is 5.90 Å². The van der Waals surface area contributed by atoms with Gasteiger partial charge in [0.15, 0.2) is 0 Å². The first-order valence-electron chi connectivity index (χ1n) is 3.42. The predicted octanol–water partition coefficient (Wildman–Crippen LogP) is 2.01. The molecule has 0 amide bonds. The summed E-state index contributed by atoms with van der Waals surface area (Å²) in [7, 11) is 0. The lowest BCUT2D eigenvalue weighted by Crippen LogP contribution is -1.98. The van der Waals surface area contributed by atoms with Gasteiger partial charge in [0, 0.05) is 5.56 Å². The highest BCUT2D eigenvalue weighted by Crippen LogP contribution is 2.18. The van der Waals surface area contributed by atoms with Crippen LogP contribution in [0.25, 0.3) is 0 Å². The maximum absolute atomic E-state index is 12.0. The highest BCUT2D eigenvalue weighted by atomic mass is 19.3. The van der Waals surface area contributed by atoms with E-state index in [1.807, 2.05) is 0 Å². The van der Waals surface area contributed by atoms with Crippen LogP contribution in [0.5, 0.6) is 0 Å². The van der Waals surface area contributed by atoms with Crippen LogP contribution in [-0.4, -0.2) is 0 Å². The van der Waals surface area contributed by atoms with Crippen molar-refractivity contribution >= 4 is 0 Å². The summed E-state index contributed by atoms with van der Waals surface area (Å²) in [6.45, 7) is 0.240. The van der Waals surface area contributed by atoms with E-state index in [1.165, 1.54) is 12.1 Å². The minimum absolute atomic E-state index is 0.00997. The molecule has 0 radical (unpaired) electrons. The predicted molar refractivity (Wildman–Crippen MR) is 40.4 cm³/mol. The van der Waals surface area contributed by atoms with Crippen LogP contribution in [0.15, 0.2) is 24.3 Å². The van der Waals surface area contributed by atoms with E-state index in [2.05, 4.69) is 4.84 Å². The highest BCUT2D eigenvalue weighted by molar-refractivity contribution is 5.22. The second kappa shape index (κ2) is 4.13. The van der Waals surface area contributed by atoms with E-state index in [9.17, 15) is 8.78 Å². The van der Waals surface area contributed by atoms with Crippen molar-refractivity contribution in [2.24, 2.45) is 5.90 Å². The lowest BCUT2D eigenvalue weighted by Gasteiger charge is -2.01. The molecule has 0 aliphatic heterocycles. The molecule has 0 atom stereocenters. The van der Waals surface area contributed by atoms with Crippen LogP contribution in [-0.2, 0) is 11.4 Å². The zero-order valence-corrected chi connectivity index (χ0v) is 6.34. The Labute approximate surface area is 68.9 Å². The van der Waals surface area contributed by atoms with Crippen molar-refractivity contribution in [2.45, 2.75) is 13.0 Å². The first kappa shape index (κ1) is 9.09. The first-order valence-corrected chi connectivity index (χ1v) is 3.42. The SMILES string of the molecule is NOCc1ccc(C(F)F)cc1. The minimum Gasteiger partial charge on any atom is -0.300 e. The Morgan fingerprint density at radius 2 is 1.83 bits per heavy atom. The highest BCUT2D eigenvalue weighted by Gasteiger charge is 2.05. The molecule has 1 aromatic rings. The number of alkyl halides is 2. The average Bonchev–Trinajstić information content (AvgIpc) is 2.06. The van der Waals surface area contributed by atoms with E-state index in [-0.39, 0.29) is 12.2 Å². The van der Waals surface area contributed by atoms with Crippen LogP contribution in [0.1, 0.15) is 17.6 Å². The third-order valence-corrected chi connectivity index (χ3v) is 1.48. The largest absolute Gasteiger partial charge is 0.300 e. The van der Waals surface area contributed by atoms with Crippen LogP contribution in [0.3, 0.4) is 0 Å². The number of halogens is 2. The average molecular weight is 173 g/mol. The molecule has 4 heteroatoms. The van der Waals surface area contributed by atoms with Gasteiger partial charge in [-0.15, -0.1) is 0 Å². The summed E-state index contributed by atoms with van der Waals surface area (Å²) in [6.07, 6.45) is -2.42. The Balaban J connectivity index is 2.71. The van der Waals surface area contributed by atoms with Crippen LogP contribution >= 0.6 is 0 Å². The summed E-state index contributed by atoms with van der Waals surface area (Å²) < 4.78 is 24.1. The number of hydrogen-bond acceptors (Lipinski definition) is 2. The van der Waals surface area contributed by atoms with Crippen molar-refractivity contribution in [1.29, 1.82) is 0 Å². The second-order valence-electron chi connectivity index (χ2n) is 2.35. The molecule has 0 saturated heterocycles. The molecular weight excluding hydrogens is 164 g/mol. The monoisotopic (exact) mass is 173 g/mol. The van der Waals surface area contributed by atoms with Crippen molar-refractivity contribution in [3.05, 3.63) is 35.4 Å². The summed E-state index contributed by atoms with van der Waals surface area (Å²) in [5.74, 6) is 4.81. The van der Waals surface area contributed by atoms with E-state index < -0.39 is 6.43 Å². The van der Waals surface area contributed by atoms with Gasteiger partial charge in [-0.05, 0) is 5.56 Å². The van der Waals surface area contributed by atoms with Crippen molar-refractivity contribution in [3.63, 3.8) is 0 Å². The van der Waals surface area contributed by atoms with E-state index in [0.717, 1.165) is 5.56 Å². The number of rotatable bonds is 3. The summed E-state index contributed by atoms with van der Waals surface area (Å²) in [4.78, 5) is 4.34. The fraction of sp³-hybridized carbons (Fsp3) is 0.250. The molecule has 0 bridgehead atoms. The maximum Gasteiger partial charge on any atom is 0.263 e. The van der Waals surface area contributed by atoms with Crippen molar-refractivity contribution < 1.29 is 13.6 Å². The Morgan fingerprint density at radius 1 is 1.25 bits per heavy atom. The van der Waals surface area contributed by atoms with Crippen LogP contribution in [0.4, 0.5) is 8.78 Å². The molecule has 0 heterocycles. The Morgan fingerprint density at radius 3 is 2.25 bits per heavy atom. The molecule has 0 aliphatic carbocycles. The van der Waals surface area contributed by atoms with Crippen molar-refractivity contribution in [3.8, 4) is 0 Å². The zero-order chi connectivity index (χ0) is 8.97. The van der Waals surface area contributed by atoms with Gasteiger partial charge in [0.2, 0.25) is 0 Å². The van der Waals surface area contributed by atoms with Gasteiger partial charge in [-0.2, -0.15) is 0 Å². The molecule has 0 saturated carbocycles. The lowest BCUT2D eigenvalue weighted by molar-refractivity contribution is 0.124. The van der Waals surface area contributed by atoms with Crippen LogP contribution < -0.4 is 5.90 Å². The maximum atomic E-state index is 12.0. The normalized spacial score (nSPS) is 10.7. The van der Waals surface area contributed by atoms with Gasteiger partial charge < -0.3 is 0 Å². The quantitative estimate of drug-likeness (QED) is 0.709. The molecular formula is C8H9F2NO. The molecule has 0 fully saturated rings. The molecule has 66 valence electrons. The molecule has 0 unspecified atom stereocenters. The Hall–Kier alpha value is -1.00. The smallest absolute Gasteiger partial charge is 0.263 e. The zero-order valence-electron chi connectivity index (χ0n) is 6.34. The molecule has 12 heavy (non-hydrogen) atoms. The molecule has 0 aromatic heterocycles. The Kier molecular flexibility index (Phi) is 3.13. The Bertz CT molecular complexity index is 235. The third kappa shape index (κ3) is 2.25. The summed E-state index contributed by atoms with van der Waals surface area (Å²) in [6, 6.07) is 5.85. The van der Waals surface area contributed by atoms with E-state index in [1.54, 1.807) is 12.1 Å². The fourth-order valence-corrected chi connectivity index (χ4v) is 0.856. The second-order valence-corrected chi connectivity index (χ2v) is 2.35. The van der Waals surface area contributed by atoms with Gasteiger partial charge in [0.05, 0.1) is 6.61 Å². The third-order valence-electron chi connectivity index (χ3n) is 1.48. The standard InChI is InChI=1S/C8H9F2NO/c9-8(10)7-3-1-6(2-4-7)5-12-11/h1-4,8H,5,11H2. The first-order chi connectivity index (χ1) is 5.74. The van der Waals surface area contributed by atoms with Crippen molar-refractivity contribution in [2.75, 3.05) is 0 Å². The number of benzene rings is 1. The fourth-order valence-electron chi connectivity index (χ4n) is 0.856. The molecule has 0 spiro atoms. The van der Waals surface area contributed by atoms with Crippen LogP contribution in [0, 0.1) is 0 Å². The van der Waals surface area contributed by atoms with Gasteiger partial charge in [-0.25, -0.2) is 14.7 Å². The van der Waals surface area contributed by atoms with Gasteiger partial charge in [0.1, 0.15) is 0 Å². The number of hydrogen-bond donors (Lipinski definition) is 1. The molecule has 1 rings (SSSR count). The molecule has 1 aromatic carbocycles. The lowest BCUT2D eigenvalue weighted by atomic mass is 10.1. The summed E-state index contributed by atoms with van der Waals surface area (Å²) in [5, 5.41) is 0. The van der Waals surface area contributed by atoms with Crippen LogP contribution in [0.2, 0.25) is 0 Å². The van der Waals surface area contributed by atoms with Gasteiger partial charge >= 0.3 is 0 Å². The van der Waals surface area contributed by atoms with E-state index >= 15 is 0 Å².